The van der Waals surface area contributed by atoms with Crippen molar-refractivity contribution in [2.75, 3.05) is 0 Å². The van der Waals surface area contributed by atoms with Crippen LogP contribution in [0.5, 0.6) is 0 Å². The van der Waals surface area contributed by atoms with Crippen LogP contribution in [0.25, 0.3) is 16.8 Å². The van der Waals surface area contributed by atoms with E-state index in [1.165, 1.54) is 0 Å². The molecule has 0 fully saturated rings. The molecule has 0 amide bonds. The van der Waals surface area contributed by atoms with Gasteiger partial charge in [0.1, 0.15) is 0 Å². The van der Waals surface area contributed by atoms with Crippen LogP contribution in [0.3, 0.4) is 0 Å². The Kier molecular flexibility index (Phi) is 2.60. The second kappa shape index (κ2) is 4.41. The van der Waals surface area contributed by atoms with Crippen molar-refractivity contribution in [1.82, 2.24) is 20.0 Å². The molecule has 6 nitrogen and oxygen atoms in total. The maximum atomic E-state index is 10.8. The molecule has 0 bridgehead atoms. The molecule has 0 atom stereocenters. The average Bonchev–Trinajstić information content (AvgIpc) is 3.10. The van der Waals surface area contributed by atoms with Gasteiger partial charge in [-0.3, -0.25) is 5.10 Å². The second-order valence-electron chi connectivity index (χ2n) is 4.01. The lowest BCUT2D eigenvalue weighted by Crippen LogP contribution is -1.98. The SMILES string of the molecule is O=C(O)c1ccc(-n2cc(-c3cn[nH]c3)cn2)cc1. The Balaban J connectivity index is 1.92. The molecule has 2 heterocycles. The summed E-state index contributed by atoms with van der Waals surface area (Å²) in [5.74, 6) is -0.939. The summed E-state index contributed by atoms with van der Waals surface area (Å²) in [5.41, 5.74) is 2.95. The highest BCUT2D eigenvalue weighted by atomic mass is 16.4. The van der Waals surface area contributed by atoms with Gasteiger partial charge in [-0.15, -0.1) is 0 Å². The molecular weight excluding hydrogens is 244 g/mol. The molecule has 6 heteroatoms. The highest BCUT2D eigenvalue weighted by Crippen LogP contribution is 2.18. The Morgan fingerprint density at radius 1 is 1.16 bits per heavy atom. The number of aromatic carboxylic acids is 1. The monoisotopic (exact) mass is 254 g/mol. The molecule has 0 saturated carbocycles. The van der Waals surface area contributed by atoms with E-state index in [0.717, 1.165) is 16.8 Å². The summed E-state index contributed by atoms with van der Waals surface area (Å²) in [6, 6.07) is 6.54. The third-order valence-electron chi connectivity index (χ3n) is 2.79. The molecule has 94 valence electrons. The van der Waals surface area contributed by atoms with Gasteiger partial charge < -0.3 is 5.11 Å². The van der Waals surface area contributed by atoms with Crippen LogP contribution in [0.1, 0.15) is 10.4 Å². The van der Waals surface area contributed by atoms with Crippen molar-refractivity contribution in [3.05, 3.63) is 54.6 Å². The van der Waals surface area contributed by atoms with Crippen LogP contribution < -0.4 is 0 Å². The molecule has 0 saturated heterocycles. The minimum absolute atomic E-state index is 0.256. The Hall–Kier alpha value is -2.89. The number of hydrogen-bond acceptors (Lipinski definition) is 3. The van der Waals surface area contributed by atoms with E-state index in [2.05, 4.69) is 15.3 Å². The summed E-state index contributed by atoms with van der Waals surface area (Å²) < 4.78 is 1.69. The summed E-state index contributed by atoms with van der Waals surface area (Å²) in [6.45, 7) is 0. The highest BCUT2D eigenvalue weighted by Gasteiger charge is 2.06. The Morgan fingerprint density at radius 2 is 1.95 bits per heavy atom. The van der Waals surface area contributed by atoms with Crippen molar-refractivity contribution in [3.8, 4) is 16.8 Å². The molecule has 0 radical (unpaired) electrons. The lowest BCUT2D eigenvalue weighted by atomic mass is 10.2. The van der Waals surface area contributed by atoms with Crippen molar-refractivity contribution in [1.29, 1.82) is 0 Å². The first kappa shape index (κ1) is 11.2. The number of benzene rings is 1. The molecule has 0 aliphatic rings. The van der Waals surface area contributed by atoms with Crippen LogP contribution in [0.15, 0.2) is 49.1 Å². The van der Waals surface area contributed by atoms with E-state index < -0.39 is 5.97 Å². The molecule has 0 unspecified atom stereocenters. The number of rotatable bonds is 3. The van der Waals surface area contributed by atoms with Crippen molar-refractivity contribution >= 4 is 5.97 Å². The molecule has 19 heavy (non-hydrogen) atoms. The van der Waals surface area contributed by atoms with Crippen LogP contribution in [0.4, 0.5) is 0 Å². The number of nitrogens with zero attached hydrogens (tertiary/aromatic N) is 3. The molecule has 1 aromatic carbocycles. The largest absolute Gasteiger partial charge is 0.478 e. The van der Waals surface area contributed by atoms with Gasteiger partial charge in [0.25, 0.3) is 0 Å². The molecule has 3 aromatic rings. The summed E-state index contributed by atoms with van der Waals surface area (Å²) in [5, 5.41) is 19.7. The van der Waals surface area contributed by atoms with E-state index in [1.54, 1.807) is 47.5 Å². The smallest absolute Gasteiger partial charge is 0.335 e. The summed E-state index contributed by atoms with van der Waals surface area (Å²) in [4.78, 5) is 10.8. The summed E-state index contributed by atoms with van der Waals surface area (Å²) >= 11 is 0. The van der Waals surface area contributed by atoms with Gasteiger partial charge in [0.15, 0.2) is 0 Å². The van der Waals surface area contributed by atoms with Gasteiger partial charge in [0, 0.05) is 23.5 Å². The summed E-state index contributed by atoms with van der Waals surface area (Å²) in [6.07, 6.45) is 7.10. The Labute approximate surface area is 108 Å². The molecule has 2 N–H and O–H groups in total. The van der Waals surface area contributed by atoms with Crippen molar-refractivity contribution in [2.45, 2.75) is 0 Å². The minimum atomic E-state index is -0.939. The van der Waals surface area contributed by atoms with E-state index in [9.17, 15) is 4.79 Å². The predicted octanol–water partition coefficient (Wildman–Crippen LogP) is 1.96. The van der Waals surface area contributed by atoms with Crippen LogP contribution in [0.2, 0.25) is 0 Å². The number of aromatic nitrogens is 4. The molecular formula is C13H10N4O2. The first-order chi connectivity index (χ1) is 9.24. The van der Waals surface area contributed by atoms with Gasteiger partial charge in [-0.1, -0.05) is 0 Å². The third-order valence-corrected chi connectivity index (χ3v) is 2.79. The number of carboxylic acids is 1. The van der Waals surface area contributed by atoms with E-state index in [0.29, 0.717) is 0 Å². The minimum Gasteiger partial charge on any atom is -0.478 e. The normalized spacial score (nSPS) is 10.5. The Morgan fingerprint density at radius 3 is 2.58 bits per heavy atom. The van der Waals surface area contributed by atoms with Crippen LogP contribution in [0, 0.1) is 0 Å². The van der Waals surface area contributed by atoms with Gasteiger partial charge >= 0.3 is 5.97 Å². The zero-order valence-corrected chi connectivity index (χ0v) is 9.82. The number of hydrogen-bond donors (Lipinski definition) is 2. The van der Waals surface area contributed by atoms with Gasteiger partial charge in [-0.2, -0.15) is 10.2 Å². The topological polar surface area (TPSA) is 83.8 Å². The molecule has 0 aliphatic carbocycles. The van der Waals surface area contributed by atoms with Gasteiger partial charge in [0.2, 0.25) is 0 Å². The average molecular weight is 254 g/mol. The van der Waals surface area contributed by atoms with Crippen LogP contribution in [-0.4, -0.2) is 31.1 Å². The first-order valence-electron chi connectivity index (χ1n) is 5.61. The van der Waals surface area contributed by atoms with Gasteiger partial charge in [-0.05, 0) is 24.3 Å². The standard InChI is InChI=1S/C13H10N4O2/c18-13(19)9-1-3-12(4-2-9)17-8-11(7-16-17)10-5-14-15-6-10/h1-8H,(H,14,15)(H,18,19). The second-order valence-corrected chi connectivity index (χ2v) is 4.01. The fourth-order valence-corrected chi connectivity index (χ4v) is 1.78. The first-order valence-corrected chi connectivity index (χ1v) is 5.61. The number of carbonyl (C=O) groups is 1. The van der Waals surface area contributed by atoms with E-state index >= 15 is 0 Å². The fraction of sp³-hybridized carbons (Fsp3) is 0. The van der Waals surface area contributed by atoms with Crippen LogP contribution in [-0.2, 0) is 0 Å². The quantitative estimate of drug-likeness (QED) is 0.748. The maximum Gasteiger partial charge on any atom is 0.335 e. The summed E-state index contributed by atoms with van der Waals surface area (Å²) in [7, 11) is 0. The molecule has 3 rings (SSSR count). The fourth-order valence-electron chi connectivity index (χ4n) is 1.78. The highest BCUT2D eigenvalue weighted by molar-refractivity contribution is 5.87. The number of carboxylic acid groups (broad SMARTS) is 1. The molecule has 0 aliphatic heterocycles. The lowest BCUT2D eigenvalue weighted by molar-refractivity contribution is 0.0697. The van der Waals surface area contributed by atoms with E-state index in [-0.39, 0.29) is 5.56 Å². The van der Waals surface area contributed by atoms with Crippen molar-refractivity contribution in [3.63, 3.8) is 0 Å². The third kappa shape index (κ3) is 2.11. The number of nitrogens with one attached hydrogen (secondary N) is 1. The van der Waals surface area contributed by atoms with Crippen molar-refractivity contribution in [2.24, 2.45) is 0 Å². The van der Waals surface area contributed by atoms with Crippen molar-refractivity contribution < 1.29 is 9.90 Å². The lowest BCUT2D eigenvalue weighted by Gasteiger charge is -2.01. The Bertz CT molecular complexity index is 699. The molecule has 2 aromatic heterocycles. The van der Waals surface area contributed by atoms with Crippen LogP contribution >= 0.6 is 0 Å². The number of aromatic amines is 1. The zero-order chi connectivity index (χ0) is 13.2. The van der Waals surface area contributed by atoms with Gasteiger partial charge in [-0.25, -0.2) is 9.48 Å². The maximum absolute atomic E-state index is 10.8. The zero-order valence-electron chi connectivity index (χ0n) is 9.82. The van der Waals surface area contributed by atoms with E-state index in [1.807, 2.05) is 6.20 Å². The van der Waals surface area contributed by atoms with Gasteiger partial charge in [0.05, 0.1) is 23.6 Å². The molecule has 0 spiro atoms. The predicted molar refractivity (Wildman–Crippen MR) is 68.1 cm³/mol. The van der Waals surface area contributed by atoms with E-state index in [4.69, 9.17) is 5.11 Å². The number of H-pyrrole nitrogens is 1.